The molecule has 1 heterocycles. The molecule has 2 unspecified atom stereocenters. The molecule has 1 fully saturated rings. The second kappa shape index (κ2) is 6.43. The first-order chi connectivity index (χ1) is 10.0. The predicted molar refractivity (Wildman–Crippen MR) is 74.1 cm³/mol. The molecule has 0 bridgehead atoms. The molecule has 8 heteroatoms. The number of carboxylic acid groups (broad SMARTS) is 1. The van der Waals surface area contributed by atoms with E-state index >= 15 is 0 Å². The van der Waals surface area contributed by atoms with E-state index < -0.39 is 24.0 Å². The average Bonchev–Trinajstić information content (AvgIpc) is 2.87. The van der Waals surface area contributed by atoms with E-state index in [0.29, 0.717) is 5.02 Å². The van der Waals surface area contributed by atoms with Gasteiger partial charge in [-0.3, -0.25) is 4.79 Å². The summed E-state index contributed by atoms with van der Waals surface area (Å²) >= 11 is 5.81. The fourth-order valence-corrected chi connectivity index (χ4v) is 2.16. The van der Waals surface area contributed by atoms with E-state index in [0.717, 1.165) is 0 Å². The minimum atomic E-state index is -1.03. The average molecular weight is 310 g/mol. The Hall–Kier alpha value is -2.30. The van der Waals surface area contributed by atoms with Gasteiger partial charge < -0.3 is 20.5 Å². The SMILES string of the molecule is N#Cc1ccc(Cl)cc1NC(=O)NC1COCC1C(=O)O. The number of rotatable bonds is 3. The van der Waals surface area contributed by atoms with Crippen molar-refractivity contribution in [1.29, 1.82) is 5.26 Å². The van der Waals surface area contributed by atoms with E-state index in [2.05, 4.69) is 10.6 Å². The summed E-state index contributed by atoms with van der Waals surface area (Å²) in [5.74, 6) is -1.82. The molecule has 7 nitrogen and oxygen atoms in total. The highest BCUT2D eigenvalue weighted by atomic mass is 35.5. The third-order valence-electron chi connectivity index (χ3n) is 3.06. The van der Waals surface area contributed by atoms with Crippen LogP contribution in [0.3, 0.4) is 0 Å². The molecular formula is C13H12ClN3O4. The number of ether oxygens (including phenoxy) is 1. The highest BCUT2D eigenvalue weighted by molar-refractivity contribution is 6.31. The fraction of sp³-hybridized carbons (Fsp3) is 0.308. The molecule has 0 aliphatic carbocycles. The number of nitriles is 1. The summed E-state index contributed by atoms with van der Waals surface area (Å²) in [4.78, 5) is 22.9. The molecule has 2 atom stereocenters. The Morgan fingerprint density at radius 2 is 2.19 bits per heavy atom. The lowest BCUT2D eigenvalue weighted by Crippen LogP contribution is -2.44. The van der Waals surface area contributed by atoms with Crippen LogP contribution in [0, 0.1) is 17.2 Å². The van der Waals surface area contributed by atoms with Gasteiger partial charge in [0.25, 0.3) is 0 Å². The largest absolute Gasteiger partial charge is 0.481 e. The molecule has 1 aromatic rings. The number of hydrogen-bond donors (Lipinski definition) is 3. The number of nitrogens with one attached hydrogen (secondary N) is 2. The smallest absolute Gasteiger partial charge is 0.319 e. The number of hydrogen-bond acceptors (Lipinski definition) is 4. The van der Waals surface area contributed by atoms with Crippen molar-refractivity contribution in [1.82, 2.24) is 5.32 Å². The van der Waals surface area contributed by atoms with Gasteiger partial charge in [-0.1, -0.05) is 11.6 Å². The van der Waals surface area contributed by atoms with Crippen LogP contribution in [0.1, 0.15) is 5.56 Å². The molecule has 1 aromatic carbocycles. The van der Waals surface area contributed by atoms with Crippen LogP contribution >= 0.6 is 11.6 Å². The highest BCUT2D eigenvalue weighted by Gasteiger charge is 2.35. The zero-order valence-corrected chi connectivity index (χ0v) is 11.6. The van der Waals surface area contributed by atoms with Crippen molar-refractivity contribution >= 4 is 29.3 Å². The summed E-state index contributed by atoms with van der Waals surface area (Å²) in [5.41, 5.74) is 0.514. The van der Waals surface area contributed by atoms with Crippen LogP contribution in [0.25, 0.3) is 0 Å². The Kier molecular flexibility index (Phi) is 4.62. The van der Waals surface area contributed by atoms with Gasteiger partial charge in [0.2, 0.25) is 0 Å². The van der Waals surface area contributed by atoms with Crippen LogP contribution in [0.4, 0.5) is 10.5 Å². The van der Waals surface area contributed by atoms with Crippen LogP contribution in [0.15, 0.2) is 18.2 Å². The third kappa shape index (κ3) is 3.62. The molecule has 1 aliphatic rings. The van der Waals surface area contributed by atoms with Crippen molar-refractivity contribution in [3.8, 4) is 6.07 Å². The van der Waals surface area contributed by atoms with Crippen LogP contribution in [-0.2, 0) is 9.53 Å². The van der Waals surface area contributed by atoms with Gasteiger partial charge in [0.15, 0.2) is 0 Å². The summed E-state index contributed by atoms with van der Waals surface area (Å²) in [6.45, 7) is 0.186. The van der Waals surface area contributed by atoms with E-state index in [-0.39, 0.29) is 24.5 Å². The van der Waals surface area contributed by atoms with Crippen LogP contribution < -0.4 is 10.6 Å². The first-order valence-electron chi connectivity index (χ1n) is 6.09. The zero-order valence-electron chi connectivity index (χ0n) is 10.8. The van der Waals surface area contributed by atoms with Crippen molar-refractivity contribution in [2.75, 3.05) is 18.5 Å². The van der Waals surface area contributed by atoms with Crippen molar-refractivity contribution in [2.45, 2.75) is 6.04 Å². The number of carbonyl (C=O) groups excluding carboxylic acids is 1. The summed E-state index contributed by atoms with van der Waals surface area (Å²) in [7, 11) is 0. The van der Waals surface area contributed by atoms with Gasteiger partial charge in [-0.25, -0.2) is 4.79 Å². The number of nitrogens with zero attached hydrogens (tertiary/aromatic N) is 1. The lowest BCUT2D eigenvalue weighted by molar-refractivity contribution is -0.142. The molecule has 0 spiro atoms. The molecule has 110 valence electrons. The second-order valence-electron chi connectivity index (χ2n) is 4.49. The van der Waals surface area contributed by atoms with Crippen LogP contribution in [0.2, 0.25) is 5.02 Å². The van der Waals surface area contributed by atoms with E-state index in [1.165, 1.54) is 18.2 Å². The maximum atomic E-state index is 11.9. The molecule has 21 heavy (non-hydrogen) atoms. The minimum Gasteiger partial charge on any atom is -0.481 e. The minimum absolute atomic E-state index is 0.0564. The van der Waals surface area contributed by atoms with Gasteiger partial charge in [0.1, 0.15) is 12.0 Å². The summed E-state index contributed by atoms with van der Waals surface area (Å²) in [6, 6.07) is 5.16. The Morgan fingerprint density at radius 1 is 1.43 bits per heavy atom. The van der Waals surface area contributed by atoms with Crippen molar-refractivity contribution < 1.29 is 19.4 Å². The molecular weight excluding hydrogens is 298 g/mol. The summed E-state index contributed by atoms with van der Waals surface area (Å²) in [5, 5.41) is 23.3. The number of carboxylic acids is 1. The number of carbonyl (C=O) groups is 2. The van der Waals surface area contributed by atoms with Gasteiger partial charge in [-0.05, 0) is 18.2 Å². The molecule has 0 radical (unpaired) electrons. The summed E-state index contributed by atoms with van der Waals surface area (Å²) < 4.78 is 5.05. The van der Waals surface area contributed by atoms with Crippen molar-refractivity contribution in [3.63, 3.8) is 0 Å². The van der Waals surface area contributed by atoms with E-state index in [9.17, 15) is 9.59 Å². The lowest BCUT2D eigenvalue weighted by atomic mass is 10.0. The Labute approximate surface area is 125 Å². The van der Waals surface area contributed by atoms with Crippen molar-refractivity contribution in [3.05, 3.63) is 28.8 Å². The molecule has 0 aromatic heterocycles. The molecule has 3 N–H and O–H groups in total. The summed E-state index contributed by atoms with van der Waals surface area (Å²) in [6.07, 6.45) is 0. The number of urea groups is 1. The quantitative estimate of drug-likeness (QED) is 0.782. The van der Waals surface area contributed by atoms with Crippen LogP contribution in [0.5, 0.6) is 0 Å². The Balaban J connectivity index is 2.04. The number of halogens is 1. The molecule has 2 rings (SSSR count). The van der Waals surface area contributed by atoms with Crippen molar-refractivity contribution in [2.24, 2.45) is 5.92 Å². The van der Waals surface area contributed by atoms with E-state index in [1.54, 1.807) is 0 Å². The molecule has 2 amide bonds. The molecule has 0 saturated carbocycles. The Morgan fingerprint density at radius 3 is 2.86 bits per heavy atom. The molecule has 1 aliphatic heterocycles. The standard InChI is InChI=1S/C13H12ClN3O4/c14-8-2-1-7(4-15)10(3-8)16-13(20)17-11-6-21-5-9(11)12(18)19/h1-3,9,11H,5-6H2,(H,18,19)(H2,16,17,20). The predicted octanol–water partition coefficient (Wildman–Crippen LogP) is 1.43. The maximum Gasteiger partial charge on any atom is 0.319 e. The van der Waals surface area contributed by atoms with Gasteiger partial charge in [0.05, 0.1) is 30.5 Å². The van der Waals surface area contributed by atoms with E-state index in [4.69, 9.17) is 26.7 Å². The highest BCUT2D eigenvalue weighted by Crippen LogP contribution is 2.20. The van der Waals surface area contributed by atoms with E-state index in [1.807, 2.05) is 6.07 Å². The first-order valence-corrected chi connectivity index (χ1v) is 6.46. The molecule has 1 saturated heterocycles. The van der Waals surface area contributed by atoms with Gasteiger partial charge in [-0.15, -0.1) is 0 Å². The lowest BCUT2D eigenvalue weighted by Gasteiger charge is -2.16. The zero-order chi connectivity index (χ0) is 15.4. The third-order valence-corrected chi connectivity index (χ3v) is 3.30. The Bertz CT molecular complexity index is 614. The normalized spacial score (nSPS) is 20.6. The maximum absolute atomic E-state index is 11.9. The van der Waals surface area contributed by atoms with Gasteiger partial charge in [-0.2, -0.15) is 5.26 Å². The fourth-order valence-electron chi connectivity index (χ4n) is 1.98. The monoisotopic (exact) mass is 309 g/mol. The van der Waals surface area contributed by atoms with Gasteiger partial charge in [0, 0.05) is 5.02 Å². The number of amides is 2. The van der Waals surface area contributed by atoms with Gasteiger partial charge >= 0.3 is 12.0 Å². The number of aliphatic carboxylic acids is 1. The first kappa shape index (κ1) is 15.1. The number of benzene rings is 1. The van der Waals surface area contributed by atoms with Crippen LogP contribution in [-0.4, -0.2) is 36.4 Å². The topological polar surface area (TPSA) is 111 Å². The number of anilines is 1. The second-order valence-corrected chi connectivity index (χ2v) is 4.93.